The Morgan fingerprint density at radius 2 is 1.97 bits per heavy atom. The molecule has 0 unspecified atom stereocenters. The molecule has 1 aromatic heterocycles. The summed E-state index contributed by atoms with van der Waals surface area (Å²) >= 11 is 6.22. The van der Waals surface area contributed by atoms with E-state index < -0.39 is 0 Å². The van der Waals surface area contributed by atoms with Crippen LogP contribution in [0.15, 0.2) is 47.3 Å². The van der Waals surface area contributed by atoms with E-state index in [4.69, 9.17) is 11.6 Å². The first kappa shape index (κ1) is 21.0. The molecule has 2 aromatic carbocycles. The number of amides is 1. The van der Waals surface area contributed by atoms with Gasteiger partial charge in [0.2, 0.25) is 5.91 Å². The van der Waals surface area contributed by atoms with E-state index in [1.54, 1.807) is 24.1 Å². The quantitative estimate of drug-likeness (QED) is 0.641. The van der Waals surface area contributed by atoms with Crippen molar-refractivity contribution in [1.29, 1.82) is 0 Å². The van der Waals surface area contributed by atoms with E-state index in [1.165, 1.54) is 0 Å². The number of aromatic nitrogens is 2. The molecular formula is C22H25ClN4O2. The SMILES string of the molecule is CCCN(CC(=O)N(C)c1ccccc1Cl)Cc1nc2cc(C)ccc2c(=O)[nH]1. The number of para-hydroxylation sites is 1. The lowest BCUT2D eigenvalue weighted by Crippen LogP contribution is -2.39. The van der Waals surface area contributed by atoms with Gasteiger partial charge in [0.25, 0.3) is 5.56 Å². The van der Waals surface area contributed by atoms with Crippen LogP contribution in [0.25, 0.3) is 10.9 Å². The fourth-order valence-electron chi connectivity index (χ4n) is 3.27. The van der Waals surface area contributed by atoms with Crippen LogP contribution < -0.4 is 10.5 Å². The minimum absolute atomic E-state index is 0.0782. The van der Waals surface area contributed by atoms with E-state index >= 15 is 0 Å². The summed E-state index contributed by atoms with van der Waals surface area (Å²) in [5.74, 6) is 0.472. The van der Waals surface area contributed by atoms with Gasteiger partial charge in [0.05, 0.1) is 34.7 Å². The van der Waals surface area contributed by atoms with E-state index in [0.717, 1.165) is 12.0 Å². The zero-order valence-electron chi connectivity index (χ0n) is 16.9. The fraction of sp³-hybridized carbons (Fsp3) is 0.318. The zero-order chi connectivity index (χ0) is 21.0. The Hall–Kier alpha value is -2.70. The largest absolute Gasteiger partial charge is 0.313 e. The van der Waals surface area contributed by atoms with Crippen LogP contribution in [-0.2, 0) is 11.3 Å². The van der Waals surface area contributed by atoms with Gasteiger partial charge in [-0.25, -0.2) is 4.98 Å². The molecule has 3 aromatic rings. The van der Waals surface area contributed by atoms with Crippen LogP contribution in [0.4, 0.5) is 5.69 Å². The second-order valence-corrected chi connectivity index (χ2v) is 7.56. The molecule has 0 atom stereocenters. The molecule has 0 saturated carbocycles. The molecule has 1 heterocycles. The Bertz CT molecular complexity index is 1080. The molecular weight excluding hydrogens is 388 g/mol. The molecule has 7 heteroatoms. The monoisotopic (exact) mass is 412 g/mol. The third-order valence-corrected chi connectivity index (χ3v) is 5.09. The van der Waals surface area contributed by atoms with Crippen molar-refractivity contribution in [2.24, 2.45) is 0 Å². The molecule has 0 aliphatic carbocycles. The summed E-state index contributed by atoms with van der Waals surface area (Å²) in [6, 6.07) is 12.8. The highest BCUT2D eigenvalue weighted by Crippen LogP contribution is 2.24. The van der Waals surface area contributed by atoms with E-state index in [-0.39, 0.29) is 18.0 Å². The number of benzene rings is 2. The molecule has 3 rings (SSSR count). The van der Waals surface area contributed by atoms with Crippen molar-refractivity contribution in [2.75, 3.05) is 25.0 Å². The van der Waals surface area contributed by atoms with Gasteiger partial charge in [-0.05, 0) is 49.7 Å². The molecule has 0 radical (unpaired) electrons. The maximum Gasteiger partial charge on any atom is 0.258 e. The molecule has 0 fully saturated rings. The second-order valence-electron chi connectivity index (χ2n) is 7.15. The Morgan fingerprint density at radius 1 is 1.21 bits per heavy atom. The van der Waals surface area contributed by atoms with Crippen LogP contribution in [0.1, 0.15) is 24.7 Å². The van der Waals surface area contributed by atoms with E-state index in [2.05, 4.69) is 16.9 Å². The number of halogens is 1. The number of carbonyl (C=O) groups excluding carboxylic acids is 1. The van der Waals surface area contributed by atoms with E-state index in [0.29, 0.717) is 40.5 Å². The molecule has 1 amide bonds. The number of aryl methyl sites for hydroxylation is 1. The average Bonchev–Trinajstić information content (AvgIpc) is 2.67. The van der Waals surface area contributed by atoms with Crippen LogP contribution >= 0.6 is 11.6 Å². The maximum absolute atomic E-state index is 12.8. The molecule has 6 nitrogen and oxygen atoms in total. The van der Waals surface area contributed by atoms with Crippen LogP contribution in [0.3, 0.4) is 0 Å². The first-order chi connectivity index (χ1) is 13.9. The summed E-state index contributed by atoms with van der Waals surface area (Å²) < 4.78 is 0. The summed E-state index contributed by atoms with van der Waals surface area (Å²) in [5, 5.41) is 1.09. The molecule has 0 spiro atoms. The Balaban J connectivity index is 1.80. The maximum atomic E-state index is 12.8. The molecule has 29 heavy (non-hydrogen) atoms. The molecule has 0 aliphatic heterocycles. The lowest BCUT2D eigenvalue weighted by Gasteiger charge is -2.25. The number of likely N-dealkylation sites (N-methyl/N-ethyl adjacent to an activating group) is 1. The number of nitrogens with one attached hydrogen (secondary N) is 1. The lowest BCUT2D eigenvalue weighted by atomic mass is 10.2. The van der Waals surface area contributed by atoms with Crippen molar-refractivity contribution < 1.29 is 4.79 Å². The van der Waals surface area contributed by atoms with Crippen molar-refractivity contribution in [1.82, 2.24) is 14.9 Å². The Morgan fingerprint density at radius 3 is 2.69 bits per heavy atom. The first-order valence-corrected chi connectivity index (χ1v) is 10.00. The van der Waals surface area contributed by atoms with Crippen LogP contribution in [-0.4, -0.2) is 40.9 Å². The average molecular weight is 413 g/mol. The summed E-state index contributed by atoms with van der Waals surface area (Å²) in [6.45, 7) is 5.31. The minimum atomic E-state index is -0.166. The van der Waals surface area contributed by atoms with Gasteiger partial charge >= 0.3 is 0 Å². The summed E-state index contributed by atoms with van der Waals surface area (Å²) in [7, 11) is 1.71. The van der Waals surface area contributed by atoms with Crippen molar-refractivity contribution in [3.8, 4) is 0 Å². The first-order valence-electron chi connectivity index (χ1n) is 9.62. The number of nitrogens with zero attached hydrogens (tertiary/aromatic N) is 3. The highest BCUT2D eigenvalue weighted by Gasteiger charge is 2.18. The van der Waals surface area contributed by atoms with Crippen LogP contribution in [0.5, 0.6) is 0 Å². The van der Waals surface area contributed by atoms with Gasteiger partial charge in [-0.3, -0.25) is 14.5 Å². The van der Waals surface area contributed by atoms with Gasteiger partial charge < -0.3 is 9.88 Å². The van der Waals surface area contributed by atoms with Crippen molar-refractivity contribution in [2.45, 2.75) is 26.8 Å². The van der Waals surface area contributed by atoms with E-state index in [1.807, 2.05) is 42.2 Å². The van der Waals surface area contributed by atoms with Crippen LogP contribution in [0.2, 0.25) is 5.02 Å². The number of fused-ring (bicyclic) bond motifs is 1. The third-order valence-electron chi connectivity index (χ3n) is 4.77. The van der Waals surface area contributed by atoms with Crippen LogP contribution in [0, 0.1) is 6.92 Å². The van der Waals surface area contributed by atoms with Gasteiger partial charge in [-0.2, -0.15) is 0 Å². The number of H-pyrrole nitrogens is 1. The normalized spacial score (nSPS) is 11.2. The standard InChI is InChI=1S/C22H25ClN4O2/c1-4-11-27(14-21(28)26(3)19-8-6-5-7-17(19)23)13-20-24-18-12-15(2)9-10-16(18)22(29)25-20/h5-10,12H,4,11,13-14H2,1-3H3,(H,24,25,29). The summed E-state index contributed by atoms with van der Waals surface area (Å²) in [6.07, 6.45) is 0.875. The highest BCUT2D eigenvalue weighted by atomic mass is 35.5. The van der Waals surface area contributed by atoms with Crippen molar-refractivity contribution in [3.05, 3.63) is 69.2 Å². The third kappa shape index (κ3) is 5.02. The summed E-state index contributed by atoms with van der Waals surface area (Å²) in [5.41, 5.74) is 2.22. The number of hydrogen-bond acceptors (Lipinski definition) is 4. The van der Waals surface area contributed by atoms with E-state index in [9.17, 15) is 9.59 Å². The Kier molecular flexibility index (Phi) is 6.67. The van der Waals surface area contributed by atoms with Gasteiger partial charge in [0, 0.05) is 7.05 Å². The lowest BCUT2D eigenvalue weighted by molar-refractivity contribution is -0.119. The van der Waals surface area contributed by atoms with Crippen molar-refractivity contribution >= 4 is 34.1 Å². The number of rotatable bonds is 7. The van der Waals surface area contributed by atoms with Gasteiger partial charge in [-0.1, -0.05) is 36.7 Å². The number of anilines is 1. The molecule has 1 N–H and O–H groups in total. The van der Waals surface area contributed by atoms with Gasteiger partial charge in [0.15, 0.2) is 0 Å². The second kappa shape index (κ2) is 9.20. The molecule has 0 saturated heterocycles. The Labute approximate surface area is 175 Å². The van der Waals surface area contributed by atoms with Gasteiger partial charge in [0.1, 0.15) is 5.82 Å². The zero-order valence-corrected chi connectivity index (χ0v) is 17.7. The fourth-order valence-corrected chi connectivity index (χ4v) is 3.53. The highest BCUT2D eigenvalue weighted by molar-refractivity contribution is 6.33. The van der Waals surface area contributed by atoms with Crippen molar-refractivity contribution in [3.63, 3.8) is 0 Å². The smallest absolute Gasteiger partial charge is 0.258 e. The number of carbonyl (C=O) groups is 1. The predicted molar refractivity (Wildman–Crippen MR) is 118 cm³/mol. The van der Waals surface area contributed by atoms with Gasteiger partial charge in [-0.15, -0.1) is 0 Å². The summed E-state index contributed by atoms with van der Waals surface area (Å²) in [4.78, 5) is 36.2. The molecule has 0 bridgehead atoms. The topological polar surface area (TPSA) is 69.3 Å². The molecule has 0 aliphatic rings. The minimum Gasteiger partial charge on any atom is -0.313 e. The predicted octanol–water partition coefficient (Wildman–Crippen LogP) is 3.76. The number of hydrogen-bond donors (Lipinski definition) is 1. The molecule has 152 valence electrons. The number of aromatic amines is 1.